The van der Waals surface area contributed by atoms with Gasteiger partial charge in [-0.15, -0.1) is 5.10 Å². The molecule has 1 aliphatic rings. The van der Waals surface area contributed by atoms with Gasteiger partial charge in [-0.1, -0.05) is 18.5 Å². The van der Waals surface area contributed by atoms with Gasteiger partial charge in [-0.2, -0.15) is 10.4 Å². The van der Waals surface area contributed by atoms with E-state index in [1.807, 2.05) is 19.9 Å². The summed E-state index contributed by atoms with van der Waals surface area (Å²) in [6.07, 6.45) is 4.20. The molecule has 28 heavy (non-hydrogen) atoms. The average Bonchev–Trinajstić information content (AvgIpc) is 2.73. The Kier molecular flexibility index (Phi) is 6.48. The maximum absolute atomic E-state index is 12.3. The van der Waals surface area contributed by atoms with Crippen LogP contribution in [-0.2, 0) is 6.42 Å². The molecule has 2 aromatic rings. The van der Waals surface area contributed by atoms with E-state index >= 15 is 0 Å². The van der Waals surface area contributed by atoms with Crippen molar-refractivity contribution in [3.8, 4) is 11.8 Å². The fourth-order valence-electron chi connectivity index (χ4n) is 3.31. The smallest absolute Gasteiger partial charge is 0.272 e. The highest BCUT2D eigenvalue weighted by atomic mass is 35.5. The van der Waals surface area contributed by atoms with Crippen molar-refractivity contribution in [3.63, 3.8) is 0 Å². The first-order chi connectivity index (χ1) is 13.5. The summed E-state index contributed by atoms with van der Waals surface area (Å²) in [4.78, 5) is 12.3. The van der Waals surface area contributed by atoms with Crippen molar-refractivity contribution in [2.45, 2.75) is 58.1 Å². The molecule has 1 aliphatic carbocycles. The van der Waals surface area contributed by atoms with Gasteiger partial charge in [0.1, 0.15) is 11.8 Å². The van der Waals surface area contributed by atoms with Crippen LogP contribution in [0.15, 0.2) is 24.3 Å². The van der Waals surface area contributed by atoms with Crippen LogP contribution in [0.5, 0.6) is 5.75 Å². The van der Waals surface area contributed by atoms with Crippen LogP contribution in [-0.4, -0.2) is 28.3 Å². The van der Waals surface area contributed by atoms with Gasteiger partial charge >= 0.3 is 0 Å². The van der Waals surface area contributed by atoms with E-state index in [-0.39, 0.29) is 18.1 Å². The molecule has 6 nitrogen and oxygen atoms in total. The van der Waals surface area contributed by atoms with Crippen molar-refractivity contribution in [2.75, 3.05) is 0 Å². The second-order valence-electron chi connectivity index (χ2n) is 6.99. The monoisotopic (exact) mass is 398 g/mol. The molecule has 3 rings (SSSR count). The Hall–Kier alpha value is -2.65. The molecule has 1 saturated carbocycles. The zero-order valence-corrected chi connectivity index (χ0v) is 16.8. The van der Waals surface area contributed by atoms with Crippen LogP contribution in [0.25, 0.3) is 0 Å². The highest BCUT2D eigenvalue weighted by Gasteiger charge is 2.25. The van der Waals surface area contributed by atoms with Crippen LogP contribution in [0.1, 0.15) is 59.9 Å². The van der Waals surface area contributed by atoms with Gasteiger partial charge in [-0.25, -0.2) is 0 Å². The Morgan fingerprint density at radius 1 is 1.25 bits per heavy atom. The second-order valence-corrected chi connectivity index (χ2v) is 7.37. The molecule has 0 spiro atoms. The van der Waals surface area contributed by atoms with Gasteiger partial charge in [0.25, 0.3) is 5.91 Å². The topological polar surface area (TPSA) is 87.9 Å². The summed E-state index contributed by atoms with van der Waals surface area (Å²) in [6, 6.07) is 9.20. The van der Waals surface area contributed by atoms with Crippen LogP contribution in [0.2, 0.25) is 5.02 Å². The fraction of sp³-hybridized carbons (Fsp3) is 0.429. The minimum atomic E-state index is -0.186. The van der Waals surface area contributed by atoms with E-state index in [1.165, 1.54) is 0 Å². The lowest BCUT2D eigenvalue weighted by Gasteiger charge is -2.30. The maximum Gasteiger partial charge on any atom is 0.272 e. The van der Waals surface area contributed by atoms with Gasteiger partial charge in [0.15, 0.2) is 5.69 Å². The molecule has 0 atom stereocenters. The zero-order valence-electron chi connectivity index (χ0n) is 16.0. The van der Waals surface area contributed by atoms with Gasteiger partial charge in [-0.05, 0) is 63.3 Å². The van der Waals surface area contributed by atoms with E-state index in [0.29, 0.717) is 22.0 Å². The third-order valence-electron chi connectivity index (χ3n) is 5.07. The van der Waals surface area contributed by atoms with Crippen molar-refractivity contribution in [3.05, 3.63) is 51.8 Å². The fourth-order valence-corrected chi connectivity index (χ4v) is 3.51. The van der Waals surface area contributed by atoms with E-state index in [0.717, 1.165) is 43.4 Å². The van der Waals surface area contributed by atoms with Crippen molar-refractivity contribution >= 4 is 17.5 Å². The van der Waals surface area contributed by atoms with Crippen LogP contribution < -0.4 is 10.1 Å². The summed E-state index contributed by atoms with van der Waals surface area (Å²) in [5.41, 5.74) is 2.45. The Morgan fingerprint density at radius 2 is 2.00 bits per heavy atom. The molecule has 0 aliphatic heterocycles. The molecule has 1 heterocycles. The SMILES string of the molecule is CCc1ccc(C(=O)NC2CCC(Oc3ccc(C#N)c(Cl)c3C)CC2)nn1. The minimum absolute atomic E-state index is 0.0690. The van der Waals surface area contributed by atoms with Gasteiger partial charge in [0.2, 0.25) is 0 Å². The van der Waals surface area contributed by atoms with E-state index in [4.69, 9.17) is 21.6 Å². The Bertz CT molecular complexity index is 885. The third kappa shape index (κ3) is 4.60. The Balaban J connectivity index is 1.52. The molecule has 1 fully saturated rings. The number of hydrogen-bond donors (Lipinski definition) is 1. The van der Waals surface area contributed by atoms with Crippen LogP contribution in [0, 0.1) is 18.3 Å². The number of amides is 1. The molecule has 0 saturated heterocycles. The summed E-state index contributed by atoms with van der Waals surface area (Å²) in [5, 5.41) is 20.6. The Labute approximate surface area is 169 Å². The summed E-state index contributed by atoms with van der Waals surface area (Å²) in [5.74, 6) is 0.525. The highest BCUT2D eigenvalue weighted by molar-refractivity contribution is 6.32. The molecule has 146 valence electrons. The molecule has 7 heteroatoms. The number of benzene rings is 1. The number of ether oxygens (including phenoxy) is 1. The van der Waals surface area contributed by atoms with Gasteiger partial charge < -0.3 is 10.1 Å². The molecule has 1 aromatic carbocycles. The normalized spacial score (nSPS) is 18.9. The quantitative estimate of drug-likeness (QED) is 0.822. The number of nitrogens with zero attached hydrogens (tertiary/aromatic N) is 3. The van der Waals surface area contributed by atoms with Gasteiger partial charge in [0, 0.05) is 11.6 Å². The summed E-state index contributed by atoms with van der Waals surface area (Å²) < 4.78 is 6.10. The highest BCUT2D eigenvalue weighted by Crippen LogP contribution is 2.31. The maximum atomic E-state index is 12.3. The lowest BCUT2D eigenvalue weighted by atomic mass is 9.92. The number of nitriles is 1. The predicted molar refractivity (Wildman–Crippen MR) is 106 cm³/mol. The van der Waals surface area contributed by atoms with Crippen molar-refractivity contribution in [1.29, 1.82) is 5.26 Å². The minimum Gasteiger partial charge on any atom is -0.490 e. The summed E-state index contributed by atoms with van der Waals surface area (Å²) in [7, 11) is 0. The standard InChI is InChI=1S/C21H23ClN4O2/c1-3-15-7-10-18(26-25-15)21(27)24-16-5-8-17(9-6-16)28-19-11-4-14(12-23)20(22)13(19)2/h4,7,10-11,16-17H,3,5-6,8-9H2,1-2H3,(H,24,27). The number of halogens is 1. The molecule has 0 bridgehead atoms. The van der Waals surface area contributed by atoms with Gasteiger partial charge in [-0.3, -0.25) is 4.79 Å². The van der Waals surface area contributed by atoms with E-state index in [9.17, 15) is 4.79 Å². The molecular weight excluding hydrogens is 376 g/mol. The van der Waals surface area contributed by atoms with Gasteiger partial charge in [0.05, 0.1) is 22.4 Å². The molecule has 1 amide bonds. The Morgan fingerprint density at radius 3 is 2.61 bits per heavy atom. The largest absolute Gasteiger partial charge is 0.490 e. The number of carbonyl (C=O) groups excluding carboxylic acids is 1. The molecular formula is C21H23ClN4O2. The lowest BCUT2D eigenvalue weighted by Crippen LogP contribution is -2.40. The summed E-state index contributed by atoms with van der Waals surface area (Å²) in [6.45, 7) is 3.85. The lowest BCUT2D eigenvalue weighted by molar-refractivity contribution is 0.0887. The van der Waals surface area contributed by atoms with Crippen molar-refractivity contribution in [1.82, 2.24) is 15.5 Å². The van der Waals surface area contributed by atoms with Crippen LogP contribution in [0.3, 0.4) is 0 Å². The number of rotatable bonds is 5. The second kappa shape index (κ2) is 9.03. The molecule has 0 radical (unpaired) electrons. The first-order valence-corrected chi connectivity index (χ1v) is 9.89. The first kappa shape index (κ1) is 20.1. The number of hydrogen-bond acceptors (Lipinski definition) is 5. The zero-order chi connectivity index (χ0) is 20.1. The summed E-state index contributed by atoms with van der Waals surface area (Å²) >= 11 is 6.21. The number of carbonyl (C=O) groups is 1. The van der Waals surface area contributed by atoms with E-state index in [1.54, 1.807) is 18.2 Å². The number of nitrogens with one attached hydrogen (secondary N) is 1. The number of aryl methyl sites for hydroxylation is 1. The predicted octanol–water partition coefficient (Wildman–Crippen LogP) is 3.99. The number of aromatic nitrogens is 2. The molecule has 0 unspecified atom stereocenters. The van der Waals surface area contributed by atoms with Crippen LogP contribution >= 0.6 is 11.6 Å². The first-order valence-electron chi connectivity index (χ1n) is 9.51. The van der Waals surface area contributed by atoms with E-state index in [2.05, 4.69) is 21.6 Å². The third-order valence-corrected chi connectivity index (χ3v) is 5.56. The van der Waals surface area contributed by atoms with Crippen molar-refractivity contribution < 1.29 is 9.53 Å². The molecule has 1 N–H and O–H groups in total. The van der Waals surface area contributed by atoms with E-state index < -0.39 is 0 Å². The van der Waals surface area contributed by atoms with Crippen molar-refractivity contribution in [2.24, 2.45) is 0 Å². The average molecular weight is 399 g/mol. The molecule has 1 aromatic heterocycles. The van der Waals surface area contributed by atoms with Crippen LogP contribution in [0.4, 0.5) is 0 Å².